The van der Waals surface area contributed by atoms with Crippen LogP contribution in [0, 0.1) is 0 Å². The predicted molar refractivity (Wildman–Crippen MR) is 176 cm³/mol. The lowest BCUT2D eigenvalue weighted by molar-refractivity contribution is 0.0947. The molecule has 11 nitrogen and oxygen atoms in total. The Morgan fingerprint density at radius 2 is 1.51 bits per heavy atom. The first-order valence-corrected chi connectivity index (χ1v) is 16.6. The second-order valence-corrected chi connectivity index (χ2v) is 12.2. The van der Waals surface area contributed by atoms with Crippen molar-refractivity contribution in [2.45, 2.75) is 18.7 Å². The number of amides is 1. The van der Waals surface area contributed by atoms with E-state index in [2.05, 4.69) is 43.8 Å². The van der Waals surface area contributed by atoms with Crippen molar-refractivity contribution in [3.63, 3.8) is 0 Å². The van der Waals surface area contributed by atoms with Gasteiger partial charge in [-0.15, -0.1) is 0 Å². The molecular formula is C33H39N7O4S. The molecule has 1 aromatic heterocycles. The molecule has 0 bridgehead atoms. The number of hydrogen-bond acceptors (Lipinski definition) is 9. The van der Waals surface area contributed by atoms with Crippen LogP contribution in [0.2, 0.25) is 0 Å². The molecule has 0 unspecified atom stereocenters. The second kappa shape index (κ2) is 14.9. The summed E-state index contributed by atoms with van der Waals surface area (Å²) in [6, 6.07) is 23.7. The fraction of sp³-hybridized carbons (Fsp3) is 0.303. The van der Waals surface area contributed by atoms with E-state index >= 15 is 0 Å². The van der Waals surface area contributed by atoms with Crippen LogP contribution in [-0.2, 0) is 10.0 Å². The Hall–Kier alpha value is -4.68. The van der Waals surface area contributed by atoms with Crippen LogP contribution in [-0.4, -0.2) is 81.6 Å². The van der Waals surface area contributed by atoms with Gasteiger partial charge in [0.2, 0.25) is 5.95 Å². The van der Waals surface area contributed by atoms with Crippen molar-refractivity contribution < 1.29 is 18.0 Å². The Morgan fingerprint density at radius 3 is 2.18 bits per heavy atom. The number of nitrogens with one attached hydrogen (secondary N) is 1. The molecule has 1 saturated heterocycles. The lowest BCUT2D eigenvalue weighted by Crippen LogP contribution is -2.49. The summed E-state index contributed by atoms with van der Waals surface area (Å²) >= 11 is 0. The summed E-state index contributed by atoms with van der Waals surface area (Å²) < 4.78 is 28.7. The molecule has 236 valence electrons. The molecule has 0 radical (unpaired) electrons. The Labute approximate surface area is 265 Å². The van der Waals surface area contributed by atoms with E-state index in [1.807, 2.05) is 24.3 Å². The fourth-order valence-corrected chi connectivity index (χ4v) is 6.40. The van der Waals surface area contributed by atoms with E-state index in [1.165, 1.54) is 24.3 Å². The highest BCUT2D eigenvalue weighted by Gasteiger charge is 2.28. The first-order valence-electron chi connectivity index (χ1n) is 15.1. The van der Waals surface area contributed by atoms with Crippen LogP contribution in [0.3, 0.4) is 0 Å². The molecule has 4 aromatic rings. The van der Waals surface area contributed by atoms with Crippen LogP contribution < -0.4 is 24.4 Å². The average molecular weight is 630 g/mol. The first-order chi connectivity index (χ1) is 21.9. The fourth-order valence-electron chi connectivity index (χ4n) is 5.14. The Balaban J connectivity index is 1.21. The number of hydrogen-bond donors (Lipinski definition) is 1. The quantitative estimate of drug-likeness (QED) is 0.219. The minimum Gasteiger partial charge on any atom is -0.372 e. The molecule has 2 heterocycles. The molecule has 0 saturated carbocycles. The molecule has 0 aliphatic carbocycles. The molecule has 1 amide bonds. The maximum absolute atomic E-state index is 13.9. The Kier molecular flexibility index (Phi) is 10.5. The normalized spacial score (nSPS) is 13.7. The summed E-state index contributed by atoms with van der Waals surface area (Å²) in [4.78, 5) is 34.1. The molecule has 0 spiro atoms. The zero-order valence-corrected chi connectivity index (χ0v) is 26.4. The van der Waals surface area contributed by atoms with Gasteiger partial charge in [-0.2, -0.15) is 8.42 Å². The van der Waals surface area contributed by atoms with Gasteiger partial charge < -0.3 is 20.0 Å². The maximum Gasteiger partial charge on any atom is 0.295 e. The average Bonchev–Trinajstić information content (AvgIpc) is 3.09. The van der Waals surface area contributed by atoms with Crippen LogP contribution in [0.15, 0.2) is 102 Å². The van der Waals surface area contributed by atoms with Crippen molar-refractivity contribution in [2.24, 2.45) is 0 Å². The monoisotopic (exact) mass is 629 g/mol. The highest BCUT2D eigenvalue weighted by molar-refractivity contribution is 7.92. The summed E-state index contributed by atoms with van der Waals surface area (Å²) in [7, 11) is -4.15. The predicted octanol–water partition coefficient (Wildman–Crippen LogP) is 4.06. The van der Waals surface area contributed by atoms with Crippen molar-refractivity contribution in [1.82, 2.24) is 20.2 Å². The number of aromatic nitrogens is 2. The van der Waals surface area contributed by atoms with Gasteiger partial charge in [-0.1, -0.05) is 28.7 Å². The largest absolute Gasteiger partial charge is 0.372 e. The molecule has 1 N–H and O–H groups in total. The van der Waals surface area contributed by atoms with E-state index in [4.69, 9.17) is 4.84 Å². The Bertz CT molecular complexity index is 1630. The molecule has 5 rings (SSSR count). The topological polar surface area (TPSA) is 111 Å². The highest BCUT2D eigenvalue weighted by atomic mass is 32.2. The number of anilines is 3. The van der Waals surface area contributed by atoms with Crippen LogP contribution in [0.25, 0.3) is 0 Å². The lowest BCUT2D eigenvalue weighted by atomic mass is 10.2. The van der Waals surface area contributed by atoms with Gasteiger partial charge in [0.25, 0.3) is 15.9 Å². The van der Waals surface area contributed by atoms with Crippen molar-refractivity contribution in [3.05, 3.63) is 103 Å². The molecular weight excluding hydrogens is 590 g/mol. The summed E-state index contributed by atoms with van der Waals surface area (Å²) in [5, 5.41) is 2.95. The number of carbonyl (C=O) groups excluding carboxylic acids is 1. The second-order valence-electron chi connectivity index (χ2n) is 10.5. The minimum absolute atomic E-state index is 0.00284. The van der Waals surface area contributed by atoms with E-state index in [-0.39, 0.29) is 10.8 Å². The maximum atomic E-state index is 13.9. The number of para-hydroxylation sites is 1. The van der Waals surface area contributed by atoms with Gasteiger partial charge in [0.15, 0.2) is 5.75 Å². The van der Waals surface area contributed by atoms with Gasteiger partial charge in [-0.05, 0) is 68.4 Å². The van der Waals surface area contributed by atoms with Crippen LogP contribution in [0.5, 0.6) is 5.75 Å². The molecule has 12 heteroatoms. The van der Waals surface area contributed by atoms with Gasteiger partial charge in [0, 0.05) is 82.1 Å². The number of benzene rings is 3. The molecule has 3 aromatic carbocycles. The standard InChI is InChI=1S/C33H39N7O4S/c1-3-38(4-2)29-12-8-13-30(26-29)44-40(28-10-6-5-7-11-28)45(42,43)31-16-14-27(15-17-31)32(41)34-20-21-37-22-24-39(25-23-37)33-35-18-9-19-36-33/h5-19,26H,3-4,20-25H2,1-2H3,(H,34,41). The minimum atomic E-state index is -4.15. The van der Waals surface area contributed by atoms with Crippen molar-refractivity contribution in [2.75, 3.05) is 66.6 Å². The zero-order chi connectivity index (χ0) is 31.6. The number of nitrogens with zero attached hydrogens (tertiary/aromatic N) is 6. The lowest BCUT2D eigenvalue weighted by Gasteiger charge is -2.34. The van der Waals surface area contributed by atoms with E-state index in [0.29, 0.717) is 30.1 Å². The van der Waals surface area contributed by atoms with E-state index in [9.17, 15) is 13.2 Å². The summed E-state index contributed by atoms with van der Waals surface area (Å²) in [6.07, 6.45) is 3.49. The van der Waals surface area contributed by atoms with Crippen molar-refractivity contribution in [3.8, 4) is 5.75 Å². The van der Waals surface area contributed by atoms with Crippen LogP contribution in [0.4, 0.5) is 17.3 Å². The third-order valence-corrected chi connectivity index (χ3v) is 9.24. The smallest absolute Gasteiger partial charge is 0.295 e. The van der Waals surface area contributed by atoms with Gasteiger partial charge >= 0.3 is 0 Å². The molecule has 1 aliphatic heterocycles. The van der Waals surface area contributed by atoms with E-state index in [1.54, 1.807) is 48.8 Å². The van der Waals surface area contributed by atoms with E-state index in [0.717, 1.165) is 55.4 Å². The number of sulfonamides is 1. The van der Waals surface area contributed by atoms with Crippen molar-refractivity contribution in [1.29, 1.82) is 0 Å². The van der Waals surface area contributed by atoms with Gasteiger partial charge in [0.05, 0.1) is 10.6 Å². The Morgan fingerprint density at radius 1 is 0.844 bits per heavy atom. The van der Waals surface area contributed by atoms with Gasteiger partial charge in [-0.3, -0.25) is 9.69 Å². The summed E-state index contributed by atoms with van der Waals surface area (Å²) in [5.74, 6) is 0.858. The molecule has 45 heavy (non-hydrogen) atoms. The third-order valence-electron chi connectivity index (χ3n) is 7.66. The van der Waals surface area contributed by atoms with Gasteiger partial charge in [0.1, 0.15) is 0 Å². The number of piperazine rings is 1. The van der Waals surface area contributed by atoms with E-state index < -0.39 is 10.0 Å². The third kappa shape index (κ3) is 7.89. The molecule has 0 atom stereocenters. The van der Waals surface area contributed by atoms with Gasteiger partial charge in [-0.25, -0.2) is 9.97 Å². The van der Waals surface area contributed by atoms with Crippen LogP contribution in [0.1, 0.15) is 24.2 Å². The highest BCUT2D eigenvalue weighted by Crippen LogP contribution is 2.28. The zero-order valence-electron chi connectivity index (χ0n) is 25.6. The van der Waals surface area contributed by atoms with Crippen LogP contribution >= 0.6 is 0 Å². The summed E-state index contributed by atoms with van der Waals surface area (Å²) in [5.41, 5.74) is 1.66. The molecule has 1 fully saturated rings. The number of carbonyl (C=O) groups is 1. The van der Waals surface area contributed by atoms with Crippen molar-refractivity contribution >= 4 is 33.3 Å². The summed E-state index contributed by atoms with van der Waals surface area (Å²) in [6.45, 7) is 10.3. The molecule has 1 aliphatic rings. The first kappa shape index (κ1) is 31.7. The SMILES string of the molecule is CCN(CC)c1cccc(ON(c2ccccc2)S(=O)(=O)c2ccc(C(=O)NCCN3CCN(c4ncccn4)CC3)cc2)c1. The number of rotatable bonds is 13.